The number of aromatic nitrogens is 2. The summed E-state index contributed by atoms with van der Waals surface area (Å²) in [6.07, 6.45) is 5.83. The molecule has 0 amide bonds. The lowest BCUT2D eigenvalue weighted by Crippen LogP contribution is -2.39. The number of halogens is 2. The molecule has 0 bridgehead atoms. The molecule has 1 fully saturated rings. The minimum absolute atomic E-state index is 0.274. The third kappa shape index (κ3) is 3.53. The number of hydrogen-bond acceptors (Lipinski definition) is 2. The van der Waals surface area contributed by atoms with E-state index in [2.05, 4.69) is 44.9 Å². The Morgan fingerprint density at radius 2 is 2.11 bits per heavy atom. The summed E-state index contributed by atoms with van der Waals surface area (Å²) < 4.78 is 3.24. The van der Waals surface area contributed by atoms with Crippen molar-refractivity contribution in [1.29, 1.82) is 0 Å². The number of nitrogens with one attached hydrogen (secondary N) is 1. The summed E-state index contributed by atoms with van der Waals surface area (Å²) in [6, 6.07) is 0.438. The standard InChI is InChI=1S/C14H23BrClN3/c1-3-11-14(15)13(19(4-2)18-11)9-17-12-8-6-5-7-10(12)16/h10,12,17H,3-9H2,1-2H3. The summed E-state index contributed by atoms with van der Waals surface area (Å²) in [4.78, 5) is 0. The van der Waals surface area contributed by atoms with Gasteiger partial charge < -0.3 is 5.32 Å². The number of nitrogens with zero attached hydrogens (tertiary/aromatic N) is 2. The van der Waals surface area contributed by atoms with Crippen LogP contribution in [0.15, 0.2) is 4.47 Å². The second kappa shape index (κ2) is 7.09. The molecule has 1 saturated carbocycles. The van der Waals surface area contributed by atoms with Gasteiger partial charge in [0.15, 0.2) is 0 Å². The lowest BCUT2D eigenvalue weighted by atomic mass is 9.95. The summed E-state index contributed by atoms with van der Waals surface area (Å²) in [5, 5.41) is 8.52. The molecule has 1 aromatic rings. The molecule has 1 heterocycles. The number of alkyl halides is 1. The van der Waals surface area contributed by atoms with Crippen molar-refractivity contribution in [3.05, 3.63) is 15.9 Å². The van der Waals surface area contributed by atoms with Gasteiger partial charge in [-0.2, -0.15) is 5.10 Å². The van der Waals surface area contributed by atoms with Gasteiger partial charge in [0.2, 0.25) is 0 Å². The van der Waals surface area contributed by atoms with Crippen LogP contribution in [-0.4, -0.2) is 21.2 Å². The molecule has 1 N–H and O–H groups in total. The van der Waals surface area contributed by atoms with Gasteiger partial charge in [-0.1, -0.05) is 19.8 Å². The van der Waals surface area contributed by atoms with Gasteiger partial charge in [-0.25, -0.2) is 0 Å². The lowest BCUT2D eigenvalue weighted by Gasteiger charge is -2.28. The van der Waals surface area contributed by atoms with Crippen molar-refractivity contribution in [2.45, 2.75) is 70.5 Å². The molecule has 0 radical (unpaired) electrons. The molecule has 1 aliphatic carbocycles. The number of rotatable bonds is 5. The van der Waals surface area contributed by atoms with Gasteiger partial charge in [-0.3, -0.25) is 4.68 Å². The van der Waals surface area contributed by atoms with Crippen molar-refractivity contribution < 1.29 is 0 Å². The second-order valence-corrected chi connectivity index (χ2v) is 6.52. The van der Waals surface area contributed by atoms with Crippen LogP contribution in [0.2, 0.25) is 0 Å². The van der Waals surface area contributed by atoms with Crippen molar-refractivity contribution in [3.8, 4) is 0 Å². The highest BCUT2D eigenvalue weighted by molar-refractivity contribution is 9.10. The maximum atomic E-state index is 6.40. The van der Waals surface area contributed by atoms with Crippen LogP contribution in [0.3, 0.4) is 0 Å². The normalized spacial score (nSPS) is 23.8. The van der Waals surface area contributed by atoms with Crippen LogP contribution in [-0.2, 0) is 19.5 Å². The molecule has 19 heavy (non-hydrogen) atoms. The molecule has 0 spiro atoms. The highest BCUT2D eigenvalue weighted by atomic mass is 79.9. The molecule has 1 aromatic heterocycles. The third-order valence-corrected chi connectivity index (χ3v) is 5.35. The topological polar surface area (TPSA) is 29.9 Å². The fraction of sp³-hybridized carbons (Fsp3) is 0.786. The van der Waals surface area contributed by atoms with E-state index in [1.165, 1.54) is 25.0 Å². The molecule has 2 atom stereocenters. The van der Waals surface area contributed by atoms with Gasteiger partial charge in [0, 0.05) is 24.5 Å². The van der Waals surface area contributed by atoms with E-state index in [0.717, 1.165) is 36.1 Å². The minimum Gasteiger partial charge on any atom is -0.307 e. The monoisotopic (exact) mass is 347 g/mol. The van der Waals surface area contributed by atoms with Gasteiger partial charge in [0.25, 0.3) is 0 Å². The largest absolute Gasteiger partial charge is 0.307 e. The van der Waals surface area contributed by atoms with E-state index in [1.807, 2.05) is 0 Å². The van der Waals surface area contributed by atoms with Crippen LogP contribution in [0.5, 0.6) is 0 Å². The van der Waals surface area contributed by atoms with Crippen molar-refractivity contribution >= 4 is 27.5 Å². The maximum Gasteiger partial charge on any atom is 0.0767 e. The Balaban J connectivity index is 2.04. The highest BCUT2D eigenvalue weighted by Crippen LogP contribution is 2.25. The average Bonchev–Trinajstić information content (AvgIpc) is 2.74. The first-order chi connectivity index (χ1) is 9.17. The molecule has 2 rings (SSSR count). The zero-order valence-corrected chi connectivity index (χ0v) is 14.1. The Morgan fingerprint density at radius 3 is 2.74 bits per heavy atom. The summed E-state index contributed by atoms with van der Waals surface area (Å²) in [7, 11) is 0. The molecule has 3 nitrogen and oxygen atoms in total. The zero-order valence-electron chi connectivity index (χ0n) is 11.8. The summed E-state index contributed by atoms with van der Waals surface area (Å²) in [5.74, 6) is 0. The summed E-state index contributed by atoms with van der Waals surface area (Å²) >= 11 is 10.1. The highest BCUT2D eigenvalue weighted by Gasteiger charge is 2.23. The Bertz CT molecular complexity index is 419. The molecule has 5 heteroatoms. The summed E-state index contributed by atoms with van der Waals surface area (Å²) in [6.45, 7) is 6.02. The lowest BCUT2D eigenvalue weighted by molar-refractivity contribution is 0.373. The van der Waals surface area contributed by atoms with E-state index in [9.17, 15) is 0 Å². The second-order valence-electron chi connectivity index (χ2n) is 5.16. The fourth-order valence-electron chi connectivity index (χ4n) is 2.73. The van der Waals surface area contributed by atoms with Crippen molar-refractivity contribution in [2.24, 2.45) is 0 Å². The number of hydrogen-bond donors (Lipinski definition) is 1. The third-order valence-electron chi connectivity index (χ3n) is 3.91. The Kier molecular flexibility index (Phi) is 5.72. The van der Waals surface area contributed by atoms with Gasteiger partial charge in [0.05, 0.1) is 15.9 Å². The van der Waals surface area contributed by atoms with Gasteiger partial charge >= 0.3 is 0 Å². The minimum atomic E-state index is 0.274. The predicted molar refractivity (Wildman–Crippen MR) is 83.7 cm³/mol. The fourth-order valence-corrected chi connectivity index (χ4v) is 3.80. The first-order valence-corrected chi connectivity index (χ1v) is 8.51. The van der Waals surface area contributed by atoms with E-state index in [1.54, 1.807) is 0 Å². The van der Waals surface area contributed by atoms with Crippen LogP contribution < -0.4 is 5.32 Å². The number of aryl methyl sites for hydroxylation is 2. The first-order valence-electron chi connectivity index (χ1n) is 7.28. The smallest absolute Gasteiger partial charge is 0.0767 e. The van der Waals surface area contributed by atoms with Crippen LogP contribution >= 0.6 is 27.5 Å². The zero-order chi connectivity index (χ0) is 13.8. The summed E-state index contributed by atoms with van der Waals surface area (Å²) in [5.41, 5.74) is 2.39. The van der Waals surface area contributed by atoms with Crippen molar-refractivity contribution in [2.75, 3.05) is 0 Å². The van der Waals surface area contributed by atoms with Crippen molar-refractivity contribution in [1.82, 2.24) is 15.1 Å². The Labute approximate surface area is 129 Å². The molecule has 108 valence electrons. The van der Waals surface area contributed by atoms with Crippen LogP contribution in [0.1, 0.15) is 50.9 Å². The van der Waals surface area contributed by atoms with E-state index >= 15 is 0 Å². The average molecular weight is 349 g/mol. The molecule has 1 aliphatic rings. The molecule has 2 unspecified atom stereocenters. The van der Waals surface area contributed by atoms with E-state index in [-0.39, 0.29) is 5.38 Å². The SMILES string of the molecule is CCc1nn(CC)c(CNC2CCCCC2Cl)c1Br. The van der Waals surface area contributed by atoms with E-state index in [0.29, 0.717) is 6.04 Å². The van der Waals surface area contributed by atoms with Gasteiger partial charge in [-0.15, -0.1) is 11.6 Å². The molecular formula is C14H23BrClN3. The van der Waals surface area contributed by atoms with Crippen molar-refractivity contribution in [3.63, 3.8) is 0 Å². The molecule has 0 aromatic carbocycles. The van der Waals surface area contributed by atoms with Crippen LogP contribution in [0.25, 0.3) is 0 Å². The van der Waals surface area contributed by atoms with Gasteiger partial charge in [-0.05, 0) is 42.1 Å². The Morgan fingerprint density at radius 1 is 1.37 bits per heavy atom. The quantitative estimate of drug-likeness (QED) is 0.819. The van der Waals surface area contributed by atoms with E-state index < -0.39 is 0 Å². The maximum absolute atomic E-state index is 6.40. The predicted octanol–water partition coefficient (Wildman–Crippen LogP) is 3.87. The Hall–Kier alpha value is -0.0600. The molecular weight excluding hydrogens is 326 g/mol. The first kappa shape index (κ1) is 15.3. The van der Waals surface area contributed by atoms with Crippen LogP contribution in [0.4, 0.5) is 0 Å². The van der Waals surface area contributed by atoms with E-state index in [4.69, 9.17) is 11.6 Å². The van der Waals surface area contributed by atoms with Gasteiger partial charge in [0.1, 0.15) is 0 Å². The van der Waals surface area contributed by atoms with Crippen LogP contribution in [0, 0.1) is 0 Å². The molecule has 0 saturated heterocycles. The molecule has 0 aliphatic heterocycles.